The first-order valence-electron chi connectivity index (χ1n) is 11.8. The van der Waals surface area contributed by atoms with Crippen molar-refractivity contribution in [3.05, 3.63) is 119 Å². The van der Waals surface area contributed by atoms with Gasteiger partial charge in [0, 0.05) is 23.7 Å². The minimum absolute atomic E-state index is 0.0456. The van der Waals surface area contributed by atoms with E-state index in [9.17, 15) is 22.0 Å². The van der Waals surface area contributed by atoms with Crippen molar-refractivity contribution in [2.45, 2.75) is 30.7 Å². The van der Waals surface area contributed by atoms with Gasteiger partial charge in [-0.15, -0.1) is 0 Å². The molecule has 202 valence electrons. The number of halogens is 4. The van der Waals surface area contributed by atoms with Gasteiger partial charge in [0.15, 0.2) is 0 Å². The van der Waals surface area contributed by atoms with Crippen LogP contribution in [0.4, 0.5) is 24.5 Å². The second-order valence-electron chi connectivity index (χ2n) is 8.66. The molecule has 0 spiro atoms. The van der Waals surface area contributed by atoms with Gasteiger partial charge in [-0.3, -0.25) is 14.1 Å². The molecule has 0 aliphatic carbocycles. The van der Waals surface area contributed by atoms with E-state index in [0.29, 0.717) is 16.8 Å². The van der Waals surface area contributed by atoms with Crippen LogP contribution in [-0.2, 0) is 21.2 Å². The summed E-state index contributed by atoms with van der Waals surface area (Å²) in [4.78, 5) is 16.2. The number of benzene rings is 3. The highest BCUT2D eigenvalue weighted by Gasteiger charge is 2.33. The van der Waals surface area contributed by atoms with Gasteiger partial charge in [0.2, 0.25) is 5.91 Å². The van der Waals surface area contributed by atoms with E-state index in [0.717, 1.165) is 28.6 Å². The number of hydrogen-bond acceptors (Lipinski definition) is 4. The zero-order chi connectivity index (χ0) is 28.2. The van der Waals surface area contributed by atoms with Crippen LogP contribution in [0.2, 0.25) is 5.02 Å². The second-order valence-corrected chi connectivity index (χ2v) is 10.9. The number of rotatable bonds is 9. The molecule has 1 N–H and O–H groups in total. The normalized spacial score (nSPS) is 12.1. The molecular formula is C28H23ClF3N3O3S. The lowest BCUT2D eigenvalue weighted by Crippen LogP contribution is -2.35. The molecule has 0 unspecified atom stereocenters. The molecule has 0 saturated heterocycles. The summed E-state index contributed by atoms with van der Waals surface area (Å²) in [6.45, 7) is 1.48. The van der Waals surface area contributed by atoms with Gasteiger partial charge in [0.1, 0.15) is 17.5 Å². The Labute approximate surface area is 229 Å². The first-order chi connectivity index (χ1) is 18.6. The molecule has 4 aromatic rings. The smallest absolute Gasteiger partial charge is 0.264 e. The topological polar surface area (TPSA) is 79.4 Å². The number of sulfonamides is 1. The maximum Gasteiger partial charge on any atom is 0.264 e. The second kappa shape index (κ2) is 11.9. The third-order valence-corrected chi connectivity index (χ3v) is 8.14. The van der Waals surface area contributed by atoms with Crippen molar-refractivity contribution >= 4 is 38.9 Å². The lowest BCUT2D eigenvalue weighted by molar-refractivity contribution is -0.116. The Morgan fingerprint density at radius 2 is 1.69 bits per heavy atom. The fraction of sp³-hybridized carbons (Fsp3) is 0.143. The van der Waals surface area contributed by atoms with Crippen molar-refractivity contribution in [1.82, 2.24) is 4.98 Å². The number of aromatic nitrogens is 1. The molecule has 1 amide bonds. The van der Waals surface area contributed by atoms with E-state index < -0.39 is 39.2 Å². The quantitative estimate of drug-likeness (QED) is 0.242. The molecule has 1 heterocycles. The summed E-state index contributed by atoms with van der Waals surface area (Å²) in [5.74, 6) is -2.79. The molecule has 0 fully saturated rings. The van der Waals surface area contributed by atoms with Gasteiger partial charge in [-0.1, -0.05) is 17.7 Å². The van der Waals surface area contributed by atoms with Crippen LogP contribution in [0.3, 0.4) is 0 Å². The van der Waals surface area contributed by atoms with Gasteiger partial charge >= 0.3 is 0 Å². The van der Waals surface area contributed by atoms with Crippen LogP contribution >= 0.6 is 11.6 Å². The van der Waals surface area contributed by atoms with Crippen LogP contribution in [0.1, 0.15) is 30.5 Å². The van der Waals surface area contributed by atoms with Crippen LogP contribution in [-0.4, -0.2) is 19.3 Å². The lowest BCUT2D eigenvalue weighted by Gasteiger charge is -2.32. The Bertz CT molecular complexity index is 1590. The predicted octanol–water partition coefficient (Wildman–Crippen LogP) is 6.68. The molecule has 0 radical (unpaired) electrons. The van der Waals surface area contributed by atoms with Crippen molar-refractivity contribution in [2.24, 2.45) is 0 Å². The Morgan fingerprint density at radius 3 is 2.38 bits per heavy atom. The fourth-order valence-electron chi connectivity index (χ4n) is 4.15. The molecule has 0 saturated carbocycles. The standard InChI is InChI=1S/C28H23ClF3N3O3S/c1-18(25-11-7-21(30)15-19(25)4-13-28(36)34-23-3-2-14-33-17-23)35(27-16-22(31)8-12-26(27)32)39(37,38)24-9-5-20(29)6-10-24/h2-3,5-12,14-18H,4,13H2,1H3,(H,34,36)/t18-/m1/s1. The average molecular weight is 574 g/mol. The molecule has 6 nitrogen and oxygen atoms in total. The van der Waals surface area contributed by atoms with E-state index in [1.54, 1.807) is 18.3 Å². The SMILES string of the molecule is C[C@H](c1ccc(F)cc1CCC(=O)Nc1cccnc1)N(c1cc(F)ccc1F)S(=O)(=O)c1ccc(Cl)cc1. The lowest BCUT2D eigenvalue weighted by atomic mass is 9.97. The Hall–Kier alpha value is -3.89. The minimum Gasteiger partial charge on any atom is -0.325 e. The highest BCUT2D eigenvalue weighted by atomic mass is 35.5. The summed E-state index contributed by atoms with van der Waals surface area (Å²) in [6.07, 6.45) is 3.02. The van der Waals surface area contributed by atoms with E-state index in [1.165, 1.54) is 49.5 Å². The molecule has 0 aliphatic heterocycles. The van der Waals surface area contributed by atoms with Crippen molar-refractivity contribution in [3.63, 3.8) is 0 Å². The van der Waals surface area contributed by atoms with E-state index in [1.807, 2.05) is 0 Å². The van der Waals surface area contributed by atoms with Crippen LogP contribution in [0.5, 0.6) is 0 Å². The van der Waals surface area contributed by atoms with Gasteiger partial charge in [-0.05, 0) is 85.1 Å². The first-order valence-corrected chi connectivity index (χ1v) is 13.6. The number of amides is 1. The molecule has 1 aromatic heterocycles. The van der Waals surface area contributed by atoms with Crippen LogP contribution in [0.25, 0.3) is 0 Å². The van der Waals surface area contributed by atoms with Crippen molar-refractivity contribution in [2.75, 3.05) is 9.62 Å². The van der Waals surface area contributed by atoms with Gasteiger partial charge < -0.3 is 5.32 Å². The van der Waals surface area contributed by atoms with Crippen molar-refractivity contribution in [3.8, 4) is 0 Å². The highest BCUT2D eigenvalue weighted by Crippen LogP contribution is 2.37. The molecule has 0 aliphatic rings. The van der Waals surface area contributed by atoms with Crippen molar-refractivity contribution in [1.29, 1.82) is 0 Å². The number of pyridine rings is 1. The van der Waals surface area contributed by atoms with Crippen LogP contribution < -0.4 is 9.62 Å². The highest BCUT2D eigenvalue weighted by molar-refractivity contribution is 7.92. The Morgan fingerprint density at radius 1 is 1.00 bits per heavy atom. The summed E-state index contributed by atoms with van der Waals surface area (Å²) in [5.41, 5.74) is 0.600. The summed E-state index contributed by atoms with van der Waals surface area (Å²) in [7, 11) is -4.47. The molecule has 0 bridgehead atoms. The molecular weight excluding hydrogens is 551 g/mol. The van der Waals surface area contributed by atoms with Crippen LogP contribution in [0.15, 0.2) is 90.1 Å². The van der Waals surface area contributed by atoms with Gasteiger partial charge in [-0.25, -0.2) is 21.6 Å². The zero-order valence-electron chi connectivity index (χ0n) is 20.6. The zero-order valence-corrected chi connectivity index (χ0v) is 22.2. The van der Waals surface area contributed by atoms with E-state index in [4.69, 9.17) is 11.6 Å². The van der Waals surface area contributed by atoms with E-state index in [2.05, 4.69) is 10.3 Å². The Balaban J connectivity index is 1.73. The number of nitrogens with zero attached hydrogens (tertiary/aromatic N) is 2. The monoisotopic (exact) mass is 573 g/mol. The van der Waals surface area contributed by atoms with Crippen LogP contribution in [0, 0.1) is 17.5 Å². The third kappa shape index (κ3) is 6.58. The summed E-state index contributed by atoms with van der Waals surface area (Å²) in [5, 5.41) is 2.97. The number of carbonyl (C=O) groups is 1. The number of nitrogens with one attached hydrogen (secondary N) is 1. The molecule has 11 heteroatoms. The van der Waals surface area contributed by atoms with Gasteiger partial charge in [-0.2, -0.15) is 0 Å². The predicted molar refractivity (Wildman–Crippen MR) is 143 cm³/mol. The van der Waals surface area contributed by atoms with Crippen molar-refractivity contribution < 1.29 is 26.4 Å². The van der Waals surface area contributed by atoms with E-state index >= 15 is 4.39 Å². The maximum atomic E-state index is 15.0. The molecule has 39 heavy (non-hydrogen) atoms. The first kappa shape index (κ1) is 28.1. The molecule has 4 rings (SSSR count). The summed E-state index contributed by atoms with van der Waals surface area (Å²) >= 11 is 5.92. The number of carbonyl (C=O) groups excluding carboxylic acids is 1. The molecule has 3 aromatic carbocycles. The largest absolute Gasteiger partial charge is 0.325 e. The fourth-order valence-corrected chi connectivity index (χ4v) is 5.92. The number of anilines is 2. The molecule has 1 atom stereocenters. The Kier molecular flexibility index (Phi) is 8.57. The maximum absolute atomic E-state index is 15.0. The third-order valence-electron chi connectivity index (χ3n) is 5.99. The number of aryl methyl sites for hydroxylation is 1. The van der Waals surface area contributed by atoms with E-state index in [-0.39, 0.29) is 28.7 Å². The number of hydrogen-bond donors (Lipinski definition) is 1. The summed E-state index contributed by atoms with van der Waals surface area (Å²) in [6, 6.07) is 13.6. The minimum atomic E-state index is -4.47. The average Bonchev–Trinajstić information content (AvgIpc) is 2.90. The van der Waals surface area contributed by atoms with Gasteiger partial charge in [0.25, 0.3) is 10.0 Å². The summed E-state index contributed by atoms with van der Waals surface area (Å²) < 4.78 is 71.9. The van der Waals surface area contributed by atoms with Gasteiger partial charge in [0.05, 0.1) is 28.5 Å².